The number of hydrogen-bond donors (Lipinski definition) is 0. The van der Waals surface area contributed by atoms with Crippen LogP contribution in [0.2, 0.25) is 0 Å². The summed E-state index contributed by atoms with van der Waals surface area (Å²) < 4.78 is 5.91. The van der Waals surface area contributed by atoms with E-state index in [1.807, 2.05) is 42.5 Å². The normalized spacial score (nSPS) is 15.9. The summed E-state index contributed by atoms with van der Waals surface area (Å²) in [6.45, 7) is 4.58. The van der Waals surface area contributed by atoms with Crippen LogP contribution in [0.3, 0.4) is 0 Å². The molecule has 3 rings (SSSR count). The molecule has 0 aromatic heterocycles. The maximum Gasteiger partial charge on any atom is 0.240 e. The lowest BCUT2D eigenvalue weighted by atomic mass is 9.98. The number of benzene rings is 2. The van der Waals surface area contributed by atoms with Crippen molar-refractivity contribution in [3.8, 4) is 5.75 Å². The fourth-order valence-corrected chi connectivity index (χ4v) is 3.90. The average Bonchev–Trinajstić information content (AvgIpc) is 3.23. The summed E-state index contributed by atoms with van der Waals surface area (Å²) in [5.41, 5.74) is 3.11. The summed E-state index contributed by atoms with van der Waals surface area (Å²) in [5, 5.41) is 6.21. The molecule has 1 atom stereocenters. The summed E-state index contributed by atoms with van der Waals surface area (Å²) in [5.74, 6) is 0.853. The third-order valence-corrected chi connectivity index (χ3v) is 5.62. The quantitative estimate of drug-likeness (QED) is 0.399. The van der Waals surface area contributed by atoms with Gasteiger partial charge in [0.2, 0.25) is 5.91 Å². The molecule has 1 aliphatic heterocycles. The monoisotopic (exact) mass is 406 g/mol. The Morgan fingerprint density at radius 3 is 2.30 bits per heavy atom. The van der Waals surface area contributed by atoms with E-state index in [-0.39, 0.29) is 11.9 Å². The van der Waals surface area contributed by atoms with Gasteiger partial charge >= 0.3 is 0 Å². The standard InChI is InChI=1S/C26H34N2O2/c1-3-4-5-6-7-8-12-19-30-24-17-15-23(16-18-24)26-20-25(27-28(26)21(2)29)22-13-10-9-11-14-22/h9-11,13-18,26H,3-8,12,19-20H2,1-2H3. The SMILES string of the molecule is CCCCCCCCCOc1ccc(C2CC(c3ccccc3)=NN2C(C)=O)cc1. The van der Waals surface area contributed by atoms with E-state index in [1.165, 1.54) is 38.5 Å². The van der Waals surface area contributed by atoms with Gasteiger partial charge in [-0.2, -0.15) is 5.10 Å². The minimum atomic E-state index is -0.0603. The van der Waals surface area contributed by atoms with Crippen LogP contribution in [0.4, 0.5) is 0 Å². The highest BCUT2D eigenvalue weighted by Gasteiger charge is 2.31. The van der Waals surface area contributed by atoms with E-state index in [2.05, 4.69) is 24.2 Å². The van der Waals surface area contributed by atoms with Crippen molar-refractivity contribution in [3.63, 3.8) is 0 Å². The van der Waals surface area contributed by atoms with Crippen LogP contribution in [-0.2, 0) is 4.79 Å². The van der Waals surface area contributed by atoms with Crippen LogP contribution in [0.25, 0.3) is 0 Å². The van der Waals surface area contributed by atoms with Gasteiger partial charge in [-0.15, -0.1) is 0 Å². The predicted molar refractivity (Wildman–Crippen MR) is 123 cm³/mol. The molecule has 1 unspecified atom stereocenters. The second kappa shape index (κ2) is 11.5. The van der Waals surface area contributed by atoms with E-state index in [1.54, 1.807) is 11.9 Å². The smallest absolute Gasteiger partial charge is 0.240 e. The van der Waals surface area contributed by atoms with Crippen LogP contribution in [0.15, 0.2) is 59.7 Å². The van der Waals surface area contributed by atoms with Gasteiger partial charge in [0.15, 0.2) is 0 Å². The number of carbonyl (C=O) groups excluding carboxylic acids is 1. The number of unbranched alkanes of at least 4 members (excludes halogenated alkanes) is 6. The molecule has 1 heterocycles. The van der Waals surface area contributed by atoms with Crippen molar-refractivity contribution < 1.29 is 9.53 Å². The molecule has 0 N–H and O–H groups in total. The number of ether oxygens (including phenoxy) is 1. The van der Waals surface area contributed by atoms with Crippen LogP contribution in [-0.4, -0.2) is 23.2 Å². The first kappa shape index (κ1) is 22.1. The van der Waals surface area contributed by atoms with E-state index < -0.39 is 0 Å². The fourth-order valence-electron chi connectivity index (χ4n) is 3.90. The molecule has 0 aliphatic carbocycles. The molecule has 2 aromatic rings. The summed E-state index contributed by atoms with van der Waals surface area (Å²) >= 11 is 0. The molecule has 0 spiro atoms. The molecule has 0 radical (unpaired) electrons. The minimum absolute atomic E-state index is 0.0369. The van der Waals surface area contributed by atoms with Gasteiger partial charge in [-0.25, -0.2) is 5.01 Å². The zero-order chi connectivity index (χ0) is 21.2. The Kier molecular flexibility index (Phi) is 8.49. The lowest BCUT2D eigenvalue weighted by molar-refractivity contribution is -0.130. The van der Waals surface area contributed by atoms with Gasteiger partial charge < -0.3 is 4.74 Å². The number of rotatable bonds is 11. The van der Waals surface area contributed by atoms with Crippen molar-refractivity contribution in [2.75, 3.05) is 6.61 Å². The molecule has 1 amide bonds. The Hall–Kier alpha value is -2.62. The summed E-state index contributed by atoms with van der Waals surface area (Å²) in [7, 11) is 0. The first-order valence-corrected chi connectivity index (χ1v) is 11.3. The van der Waals surface area contributed by atoms with E-state index in [0.29, 0.717) is 0 Å². The number of nitrogens with zero attached hydrogens (tertiary/aromatic N) is 2. The van der Waals surface area contributed by atoms with Gasteiger partial charge in [0.25, 0.3) is 0 Å². The van der Waals surface area contributed by atoms with E-state index in [0.717, 1.165) is 42.0 Å². The van der Waals surface area contributed by atoms with Crippen molar-refractivity contribution >= 4 is 11.6 Å². The van der Waals surface area contributed by atoms with Gasteiger partial charge in [-0.1, -0.05) is 87.9 Å². The molecule has 4 nitrogen and oxygen atoms in total. The maximum absolute atomic E-state index is 12.2. The van der Waals surface area contributed by atoms with E-state index in [4.69, 9.17) is 4.74 Å². The molecule has 30 heavy (non-hydrogen) atoms. The van der Waals surface area contributed by atoms with Gasteiger partial charge in [-0.3, -0.25) is 4.79 Å². The summed E-state index contributed by atoms with van der Waals surface area (Å²) in [4.78, 5) is 12.2. The highest BCUT2D eigenvalue weighted by molar-refractivity contribution is 6.03. The highest BCUT2D eigenvalue weighted by atomic mass is 16.5. The van der Waals surface area contributed by atoms with Gasteiger partial charge in [0.05, 0.1) is 18.4 Å². The second-order valence-corrected chi connectivity index (χ2v) is 8.04. The Balaban J connectivity index is 1.51. The molecule has 0 bridgehead atoms. The number of carbonyl (C=O) groups is 1. The Morgan fingerprint density at radius 2 is 1.63 bits per heavy atom. The molecule has 4 heteroatoms. The predicted octanol–water partition coefficient (Wildman–Crippen LogP) is 6.51. The highest BCUT2D eigenvalue weighted by Crippen LogP contribution is 2.33. The first-order valence-electron chi connectivity index (χ1n) is 11.3. The molecule has 0 saturated heterocycles. The second-order valence-electron chi connectivity index (χ2n) is 8.04. The number of amides is 1. The molecular formula is C26H34N2O2. The lowest BCUT2D eigenvalue weighted by Gasteiger charge is -2.20. The molecule has 1 aliphatic rings. The van der Waals surface area contributed by atoms with Crippen LogP contribution >= 0.6 is 0 Å². The van der Waals surface area contributed by atoms with Crippen LogP contribution in [0, 0.1) is 0 Å². The average molecular weight is 407 g/mol. The van der Waals surface area contributed by atoms with Gasteiger partial charge in [0, 0.05) is 13.3 Å². The summed E-state index contributed by atoms with van der Waals surface area (Å²) in [6, 6.07) is 18.2. The molecule has 160 valence electrons. The van der Waals surface area contributed by atoms with Crippen molar-refractivity contribution in [2.45, 2.75) is 71.3 Å². The maximum atomic E-state index is 12.2. The van der Waals surface area contributed by atoms with Crippen molar-refractivity contribution in [1.29, 1.82) is 0 Å². The van der Waals surface area contributed by atoms with Gasteiger partial charge in [-0.05, 0) is 29.7 Å². The lowest BCUT2D eigenvalue weighted by Crippen LogP contribution is -2.24. The van der Waals surface area contributed by atoms with Crippen molar-refractivity contribution in [1.82, 2.24) is 5.01 Å². The van der Waals surface area contributed by atoms with Gasteiger partial charge in [0.1, 0.15) is 5.75 Å². The van der Waals surface area contributed by atoms with E-state index in [9.17, 15) is 4.79 Å². The van der Waals surface area contributed by atoms with Crippen LogP contribution < -0.4 is 4.74 Å². The van der Waals surface area contributed by atoms with Crippen LogP contribution in [0.1, 0.15) is 82.4 Å². The Bertz CT molecular complexity index is 815. The zero-order valence-corrected chi connectivity index (χ0v) is 18.3. The molecule has 0 saturated carbocycles. The molecule has 2 aromatic carbocycles. The first-order chi connectivity index (χ1) is 14.7. The molecular weight excluding hydrogens is 372 g/mol. The number of hydrazone groups is 1. The fraction of sp³-hybridized carbons (Fsp3) is 0.462. The van der Waals surface area contributed by atoms with Crippen molar-refractivity contribution in [3.05, 3.63) is 65.7 Å². The van der Waals surface area contributed by atoms with E-state index >= 15 is 0 Å². The Labute approximate surface area is 180 Å². The van der Waals surface area contributed by atoms with Crippen LogP contribution in [0.5, 0.6) is 5.75 Å². The van der Waals surface area contributed by atoms with Crippen molar-refractivity contribution in [2.24, 2.45) is 5.10 Å². The Morgan fingerprint density at radius 1 is 0.967 bits per heavy atom. The third-order valence-electron chi connectivity index (χ3n) is 5.62. The largest absolute Gasteiger partial charge is 0.494 e. The topological polar surface area (TPSA) is 41.9 Å². The summed E-state index contributed by atoms with van der Waals surface area (Å²) in [6.07, 6.45) is 9.69. The molecule has 0 fully saturated rings. The zero-order valence-electron chi connectivity index (χ0n) is 18.3. The number of hydrogen-bond acceptors (Lipinski definition) is 3. The third kappa shape index (κ3) is 6.19. The minimum Gasteiger partial charge on any atom is -0.494 e.